The highest BCUT2D eigenvalue weighted by atomic mass is 16.5. The maximum absolute atomic E-state index is 13.2. The van der Waals surface area contributed by atoms with Crippen molar-refractivity contribution in [2.24, 2.45) is 5.10 Å². The second kappa shape index (κ2) is 7.45. The van der Waals surface area contributed by atoms with E-state index in [1.165, 1.54) is 10.9 Å². The number of hydrogen-bond acceptors (Lipinski definition) is 7. The lowest BCUT2D eigenvalue weighted by molar-refractivity contribution is 0.186. The van der Waals surface area contributed by atoms with Crippen molar-refractivity contribution < 1.29 is 4.74 Å². The van der Waals surface area contributed by atoms with Gasteiger partial charge in [-0.2, -0.15) is 9.78 Å². The van der Waals surface area contributed by atoms with Crippen LogP contribution in [0.15, 0.2) is 65.0 Å². The van der Waals surface area contributed by atoms with Crippen molar-refractivity contribution >= 4 is 39.4 Å². The minimum atomic E-state index is -0.207. The molecule has 0 atom stereocenters. The standard InChI is InChI=1S/C21H17N7O2/c1-30-10-9-27-13-23-19-17(21(27)29)18-20(26-16-7-3-2-6-15(16)25-18)28(19)24-12-14-5-4-8-22-11-14/h2-8,11-13H,9-10H2,1H3/b24-12-. The van der Waals surface area contributed by atoms with Crippen molar-refractivity contribution in [3.05, 3.63) is 71.0 Å². The summed E-state index contributed by atoms with van der Waals surface area (Å²) < 4.78 is 8.17. The molecule has 30 heavy (non-hydrogen) atoms. The van der Waals surface area contributed by atoms with E-state index in [4.69, 9.17) is 14.7 Å². The van der Waals surface area contributed by atoms with Crippen LogP contribution in [0.25, 0.3) is 33.2 Å². The highest BCUT2D eigenvalue weighted by Gasteiger charge is 2.19. The van der Waals surface area contributed by atoms with Gasteiger partial charge >= 0.3 is 0 Å². The Bertz CT molecular complexity index is 1460. The van der Waals surface area contributed by atoms with Gasteiger partial charge in [0.1, 0.15) is 17.2 Å². The van der Waals surface area contributed by atoms with Gasteiger partial charge in [-0.15, -0.1) is 0 Å². The first-order chi connectivity index (χ1) is 14.8. The zero-order chi connectivity index (χ0) is 20.5. The summed E-state index contributed by atoms with van der Waals surface area (Å²) in [6.45, 7) is 0.796. The van der Waals surface area contributed by atoms with Crippen LogP contribution in [0, 0.1) is 0 Å². The number of methoxy groups -OCH3 is 1. The Morgan fingerprint density at radius 1 is 1.10 bits per heavy atom. The Morgan fingerprint density at radius 3 is 2.70 bits per heavy atom. The molecule has 0 spiro atoms. The molecule has 1 aromatic carbocycles. The third-order valence-corrected chi connectivity index (χ3v) is 4.75. The Hall–Kier alpha value is -3.98. The molecule has 9 heteroatoms. The second-order valence-corrected chi connectivity index (χ2v) is 6.66. The van der Waals surface area contributed by atoms with E-state index in [-0.39, 0.29) is 5.56 Å². The lowest BCUT2D eigenvalue weighted by Crippen LogP contribution is -2.22. The fourth-order valence-corrected chi connectivity index (χ4v) is 3.29. The van der Waals surface area contributed by atoms with Crippen molar-refractivity contribution in [1.29, 1.82) is 0 Å². The summed E-state index contributed by atoms with van der Waals surface area (Å²) in [5.74, 6) is 0. The second-order valence-electron chi connectivity index (χ2n) is 6.66. The first-order valence-corrected chi connectivity index (χ1v) is 9.36. The maximum atomic E-state index is 13.2. The molecule has 0 unspecified atom stereocenters. The number of aromatic nitrogens is 6. The summed E-state index contributed by atoms with van der Waals surface area (Å²) in [7, 11) is 1.59. The van der Waals surface area contributed by atoms with E-state index in [2.05, 4.69) is 15.1 Å². The molecule has 0 aliphatic heterocycles. The zero-order valence-corrected chi connectivity index (χ0v) is 16.1. The molecule has 0 fully saturated rings. The van der Waals surface area contributed by atoms with Gasteiger partial charge in [-0.05, 0) is 18.2 Å². The summed E-state index contributed by atoms with van der Waals surface area (Å²) in [4.78, 5) is 31.2. The SMILES string of the molecule is COCCn1cnc2c(c1=O)c1nc3ccccc3nc1n2/N=C\c1cccnc1. The third-order valence-electron chi connectivity index (χ3n) is 4.75. The van der Waals surface area contributed by atoms with Gasteiger partial charge < -0.3 is 4.74 Å². The van der Waals surface area contributed by atoms with Crippen LogP contribution in [0.4, 0.5) is 0 Å². The van der Waals surface area contributed by atoms with Gasteiger partial charge in [0.25, 0.3) is 5.56 Å². The molecule has 5 aromatic rings. The van der Waals surface area contributed by atoms with E-state index < -0.39 is 0 Å². The zero-order valence-electron chi connectivity index (χ0n) is 16.1. The van der Waals surface area contributed by atoms with Crippen molar-refractivity contribution in [2.45, 2.75) is 6.54 Å². The molecular weight excluding hydrogens is 382 g/mol. The number of ether oxygens (including phenoxy) is 1. The summed E-state index contributed by atoms with van der Waals surface area (Å²) >= 11 is 0. The van der Waals surface area contributed by atoms with Gasteiger partial charge in [-0.3, -0.25) is 14.3 Å². The topological polar surface area (TPSA) is 100 Å². The van der Waals surface area contributed by atoms with Crippen molar-refractivity contribution in [2.75, 3.05) is 13.7 Å². The van der Waals surface area contributed by atoms with Gasteiger partial charge in [-0.25, -0.2) is 15.0 Å². The highest BCUT2D eigenvalue weighted by molar-refractivity contribution is 6.04. The highest BCUT2D eigenvalue weighted by Crippen LogP contribution is 2.24. The Balaban J connectivity index is 1.82. The van der Waals surface area contributed by atoms with Crippen LogP contribution < -0.4 is 5.56 Å². The van der Waals surface area contributed by atoms with E-state index in [1.807, 2.05) is 36.4 Å². The van der Waals surface area contributed by atoms with E-state index >= 15 is 0 Å². The Kier molecular flexibility index (Phi) is 4.49. The molecule has 148 valence electrons. The van der Waals surface area contributed by atoms with Gasteiger partial charge in [-0.1, -0.05) is 18.2 Å². The minimum absolute atomic E-state index is 0.207. The third kappa shape index (κ3) is 3.01. The van der Waals surface area contributed by atoms with Crippen LogP contribution in [0.3, 0.4) is 0 Å². The molecule has 0 N–H and O–H groups in total. The molecule has 0 bridgehead atoms. The van der Waals surface area contributed by atoms with Gasteiger partial charge in [0, 0.05) is 25.1 Å². The lowest BCUT2D eigenvalue weighted by Gasteiger charge is -2.04. The number of hydrogen-bond donors (Lipinski definition) is 0. The average molecular weight is 399 g/mol. The van der Waals surface area contributed by atoms with Gasteiger partial charge in [0.2, 0.25) is 0 Å². The predicted octanol–water partition coefficient (Wildman–Crippen LogP) is 2.22. The first-order valence-electron chi connectivity index (χ1n) is 9.36. The molecule has 5 rings (SSSR count). The number of nitrogens with zero attached hydrogens (tertiary/aromatic N) is 7. The molecule has 0 amide bonds. The van der Waals surface area contributed by atoms with Crippen molar-refractivity contribution in [3.63, 3.8) is 0 Å². The smallest absolute Gasteiger partial charge is 0.265 e. The first kappa shape index (κ1) is 18.1. The monoisotopic (exact) mass is 399 g/mol. The molecule has 0 radical (unpaired) electrons. The average Bonchev–Trinajstić information content (AvgIpc) is 3.09. The van der Waals surface area contributed by atoms with Crippen LogP contribution in [-0.4, -0.2) is 49.1 Å². The number of benzene rings is 1. The number of para-hydroxylation sites is 2. The summed E-state index contributed by atoms with van der Waals surface area (Å²) in [6.07, 6.45) is 6.54. The molecule has 0 saturated heterocycles. The summed E-state index contributed by atoms with van der Waals surface area (Å²) in [5, 5.41) is 4.93. The Morgan fingerprint density at radius 2 is 1.93 bits per heavy atom. The van der Waals surface area contributed by atoms with Crippen LogP contribution in [0.1, 0.15) is 5.56 Å². The minimum Gasteiger partial charge on any atom is -0.383 e. The van der Waals surface area contributed by atoms with Gasteiger partial charge in [0.15, 0.2) is 11.3 Å². The van der Waals surface area contributed by atoms with Crippen molar-refractivity contribution in [3.8, 4) is 0 Å². The fraction of sp³-hybridized carbons (Fsp3) is 0.143. The normalized spacial score (nSPS) is 11.9. The van der Waals surface area contributed by atoms with E-state index in [9.17, 15) is 4.79 Å². The van der Waals surface area contributed by atoms with Crippen LogP contribution >= 0.6 is 0 Å². The van der Waals surface area contributed by atoms with E-state index in [1.54, 1.807) is 30.4 Å². The maximum Gasteiger partial charge on any atom is 0.265 e. The van der Waals surface area contributed by atoms with Crippen LogP contribution in [0.2, 0.25) is 0 Å². The quantitative estimate of drug-likeness (QED) is 0.420. The lowest BCUT2D eigenvalue weighted by atomic mass is 10.3. The molecule has 4 heterocycles. The number of pyridine rings is 1. The summed E-state index contributed by atoms with van der Waals surface area (Å²) in [5.41, 5.74) is 3.36. The molecular formula is C21H17N7O2. The Labute approximate surface area is 170 Å². The van der Waals surface area contributed by atoms with E-state index in [0.717, 1.165) is 5.56 Å². The van der Waals surface area contributed by atoms with Crippen LogP contribution in [-0.2, 0) is 11.3 Å². The molecule has 0 saturated carbocycles. The number of rotatable bonds is 5. The van der Waals surface area contributed by atoms with Crippen LogP contribution in [0.5, 0.6) is 0 Å². The predicted molar refractivity (Wildman–Crippen MR) is 114 cm³/mol. The largest absolute Gasteiger partial charge is 0.383 e. The molecule has 4 aromatic heterocycles. The number of fused-ring (bicyclic) bond motifs is 4. The van der Waals surface area contributed by atoms with E-state index in [0.29, 0.717) is 46.4 Å². The fourth-order valence-electron chi connectivity index (χ4n) is 3.29. The molecule has 0 aliphatic carbocycles. The van der Waals surface area contributed by atoms with Crippen molar-refractivity contribution in [1.82, 2.24) is 29.2 Å². The molecule has 9 nitrogen and oxygen atoms in total. The summed E-state index contributed by atoms with van der Waals surface area (Å²) in [6, 6.07) is 11.2. The molecule has 0 aliphatic rings. The van der Waals surface area contributed by atoms with Gasteiger partial charge in [0.05, 0.1) is 30.4 Å².